The van der Waals surface area contributed by atoms with Crippen molar-refractivity contribution in [3.8, 4) is 11.3 Å². The van der Waals surface area contributed by atoms with Crippen LogP contribution in [0, 0.1) is 13.8 Å². The molecule has 0 unspecified atom stereocenters. The van der Waals surface area contributed by atoms with Gasteiger partial charge in [-0.1, -0.05) is 0 Å². The van der Waals surface area contributed by atoms with Crippen LogP contribution < -0.4 is 5.32 Å². The normalized spacial score (nSPS) is 10.6. The minimum absolute atomic E-state index is 0.116. The lowest BCUT2D eigenvalue weighted by Crippen LogP contribution is -2.24. The van der Waals surface area contributed by atoms with Gasteiger partial charge >= 0.3 is 0 Å². The van der Waals surface area contributed by atoms with Crippen LogP contribution in [0.4, 0.5) is 0 Å². The Labute approximate surface area is 136 Å². The second kappa shape index (κ2) is 6.37. The van der Waals surface area contributed by atoms with Gasteiger partial charge < -0.3 is 5.32 Å². The van der Waals surface area contributed by atoms with E-state index in [-0.39, 0.29) is 5.91 Å². The number of amides is 1. The molecule has 6 heteroatoms. The maximum absolute atomic E-state index is 12.3. The van der Waals surface area contributed by atoms with Crippen molar-refractivity contribution in [3.63, 3.8) is 0 Å². The first-order chi connectivity index (χ1) is 10.6. The van der Waals surface area contributed by atoms with Crippen LogP contribution in [0.15, 0.2) is 34.3 Å². The number of hydrogen-bond acceptors (Lipinski definition) is 5. The third-order valence-electron chi connectivity index (χ3n) is 3.21. The number of carbonyl (C=O) groups excluding carboxylic acids is 1. The molecular weight excluding hydrogens is 314 g/mol. The standard InChI is InChI=1S/C16H15N3OS2/c1-10-8-22-15(18-10)7-17-16(20)13-3-4-14(19-11(13)2)12-5-6-21-9-12/h3-6,8-9H,7H2,1-2H3,(H,17,20). The monoisotopic (exact) mass is 329 g/mol. The number of hydrogen-bond donors (Lipinski definition) is 1. The highest BCUT2D eigenvalue weighted by Crippen LogP contribution is 2.21. The summed E-state index contributed by atoms with van der Waals surface area (Å²) >= 11 is 3.18. The number of nitrogens with one attached hydrogen (secondary N) is 1. The zero-order valence-electron chi connectivity index (χ0n) is 12.3. The van der Waals surface area contributed by atoms with Crippen molar-refractivity contribution in [1.29, 1.82) is 0 Å². The molecule has 0 saturated carbocycles. The first kappa shape index (κ1) is 14.9. The topological polar surface area (TPSA) is 54.9 Å². The highest BCUT2D eigenvalue weighted by molar-refractivity contribution is 7.09. The Kier molecular flexibility index (Phi) is 4.31. The molecule has 0 saturated heterocycles. The molecule has 0 radical (unpaired) electrons. The SMILES string of the molecule is Cc1csc(CNC(=O)c2ccc(-c3ccsc3)nc2C)n1. The van der Waals surface area contributed by atoms with E-state index >= 15 is 0 Å². The highest BCUT2D eigenvalue weighted by atomic mass is 32.1. The molecule has 0 aromatic carbocycles. The Morgan fingerprint density at radius 2 is 2.05 bits per heavy atom. The largest absolute Gasteiger partial charge is 0.345 e. The molecule has 3 aromatic rings. The van der Waals surface area contributed by atoms with Crippen molar-refractivity contribution in [1.82, 2.24) is 15.3 Å². The molecule has 1 amide bonds. The van der Waals surface area contributed by atoms with Crippen molar-refractivity contribution < 1.29 is 4.79 Å². The summed E-state index contributed by atoms with van der Waals surface area (Å²) in [5.41, 5.74) is 4.29. The summed E-state index contributed by atoms with van der Waals surface area (Å²) in [7, 11) is 0. The number of thiophene rings is 1. The molecule has 0 bridgehead atoms. The molecule has 0 aliphatic rings. The van der Waals surface area contributed by atoms with E-state index in [0.29, 0.717) is 12.1 Å². The lowest BCUT2D eigenvalue weighted by molar-refractivity contribution is 0.0950. The van der Waals surface area contributed by atoms with Crippen molar-refractivity contribution in [2.45, 2.75) is 20.4 Å². The molecule has 0 aliphatic heterocycles. The summed E-state index contributed by atoms with van der Waals surface area (Å²) in [6, 6.07) is 5.74. The lowest BCUT2D eigenvalue weighted by atomic mass is 10.1. The fraction of sp³-hybridized carbons (Fsp3) is 0.188. The van der Waals surface area contributed by atoms with E-state index in [9.17, 15) is 4.79 Å². The van der Waals surface area contributed by atoms with Gasteiger partial charge in [0, 0.05) is 22.0 Å². The molecule has 3 aromatic heterocycles. The van der Waals surface area contributed by atoms with Crippen LogP contribution in [0.25, 0.3) is 11.3 Å². The summed E-state index contributed by atoms with van der Waals surface area (Å²) in [4.78, 5) is 21.1. The van der Waals surface area contributed by atoms with Gasteiger partial charge in [-0.3, -0.25) is 9.78 Å². The predicted octanol–water partition coefficient (Wildman–Crippen LogP) is 3.81. The van der Waals surface area contributed by atoms with E-state index in [1.54, 1.807) is 22.7 Å². The van der Waals surface area contributed by atoms with Gasteiger partial charge in [-0.05, 0) is 37.4 Å². The first-order valence-corrected chi connectivity index (χ1v) is 8.65. The maximum Gasteiger partial charge on any atom is 0.253 e. The second-order valence-electron chi connectivity index (χ2n) is 4.91. The fourth-order valence-electron chi connectivity index (χ4n) is 2.11. The van der Waals surface area contributed by atoms with E-state index in [2.05, 4.69) is 15.3 Å². The molecule has 0 spiro atoms. The van der Waals surface area contributed by atoms with E-state index < -0.39 is 0 Å². The van der Waals surface area contributed by atoms with E-state index in [0.717, 1.165) is 27.7 Å². The maximum atomic E-state index is 12.3. The number of thiazole rings is 1. The number of pyridine rings is 1. The van der Waals surface area contributed by atoms with E-state index in [4.69, 9.17) is 0 Å². The summed E-state index contributed by atoms with van der Waals surface area (Å²) < 4.78 is 0. The summed E-state index contributed by atoms with van der Waals surface area (Å²) in [6.45, 7) is 4.25. The Balaban J connectivity index is 1.72. The molecular formula is C16H15N3OS2. The van der Waals surface area contributed by atoms with Gasteiger partial charge in [-0.25, -0.2) is 4.98 Å². The molecule has 0 aliphatic carbocycles. The second-order valence-corrected chi connectivity index (χ2v) is 6.63. The zero-order chi connectivity index (χ0) is 15.5. The summed E-state index contributed by atoms with van der Waals surface area (Å²) in [6.07, 6.45) is 0. The number of nitrogens with zero attached hydrogens (tertiary/aromatic N) is 2. The van der Waals surface area contributed by atoms with Gasteiger partial charge in [0.1, 0.15) is 5.01 Å². The summed E-state index contributed by atoms with van der Waals surface area (Å²) in [5, 5.41) is 9.84. The van der Waals surface area contributed by atoms with Gasteiger partial charge in [0.2, 0.25) is 0 Å². The third-order valence-corrected chi connectivity index (χ3v) is 4.86. The molecule has 3 rings (SSSR count). The van der Waals surface area contributed by atoms with Gasteiger partial charge in [0.15, 0.2) is 0 Å². The minimum atomic E-state index is -0.116. The van der Waals surface area contributed by atoms with Crippen molar-refractivity contribution in [2.24, 2.45) is 0 Å². The molecule has 1 N–H and O–H groups in total. The van der Waals surface area contributed by atoms with Crippen LogP contribution in [0.1, 0.15) is 26.8 Å². The zero-order valence-corrected chi connectivity index (χ0v) is 13.9. The van der Waals surface area contributed by atoms with Crippen LogP contribution in [-0.4, -0.2) is 15.9 Å². The van der Waals surface area contributed by atoms with E-state index in [1.165, 1.54) is 0 Å². The Morgan fingerprint density at radius 1 is 1.18 bits per heavy atom. The Hall–Kier alpha value is -2.05. The van der Waals surface area contributed by atoms with Gasteiger partial charge in [0.25, 0.3) is 5.91 Å². The van der Waals surface area contributed by atoms with Crippen molar-refractivity contribution in [2.75, 3.05) is 0 Å². The van der Waals surface area contributed by atoms with Crippen LogP contribution >= 0.6 is 22.7 Å². The molecule has 3 heterocycles. The minimum Gasteiger partial charge on any atom is -0.345 e. The average molecular weight is 329 g/mol. The number of aromatic nitrogens is 2. The molecule has 0 atom stereocenters. The molecule has 112 valence electrons. The smallest absolute Gasteiger partial charge is 0.253 e. The number of carbonyl (C=O) groups is 1. The van der Waals surface area contributed by atoms with Crippen LogP contribution in [0.3, 0.4) is 0 Å². The van der Waals surface area contributed by atoms with Crippen LogP contribution in [-0.2, 0) is 6.54 Å². The highest BCUT2D eigenvalue weighted by Gasteiger charge is 2.12. The number of rotatable bonds is 4. The quantitative estimate of drug-likeness (QED) is 0.792. The fourth-order valence-corrected chi connectivity index (χ4v) is 3.47. The predicted molar refractivity (Wildman–Crippen MR) is 90.3 cm³/mol. The van der Waals surface area contributed by atoms with Gasteiger partial charge in [0.05, 0.1) is 23.5 Å². The first-order valence-electron chi connectivity index (χ1n) is 6.83. The van der Waals surface area contributed by atoms with E-state index in [1.807, 2.05) is 48.2 Å². The molecule has 0 fully saturated rings. The molecule has 4 nitrogen and oxygen atoms in total. The number of aryl methyl sites for hydroxylation is 2. The average Bonchev–Trinajstić information content (AvgIpc) is 3.16. The van der Waals surface area contributed by atoms with Crippen molar-refractivity contribution >= 4 is 28.6 Å². The van der Waals surface area contributed by atoms with Crippen LogP contribution in [0.5, 0.6) is 0 Å². The lowest BCUT2D eigenvalue weighted by Gasteiger charge is -2.07. The van der Waals surface area contributed by atoms with Gasteiger partial charge in [-0.2, -0.15) is 11.3 Å². The van der Waals surface area contributed by atoms with Crippen LogP contribution in [0.2, 0.25) is 0 Å². The van der Waals surface area contributed by atoms with Crippen molar-refractivity contribution in [3.05, 3.63) is 56.3 Å². The third kappa shape index (κ3) is 3.23. The Morgan fingerprint density at radius 3 is 2.68 bits per heavy atom. The van der Waals surface area contributed by atoms with Gasteiger partial charge in [-0.15, -0.1) is 11.3 Å². The Bertz CT molecular complexity index is 794. The molecule has 22 heavy (non-hydrogen) atoms. The summed E-state index contributed by atoms with van der Waals surface area (Å²) in [5.74, 6) is -0.116.